The second-order valence-electron chi connectivity index (χ2n) is 4.18. The molecule has 2 N–H and O–H groups in total. The number of nitrogen functional groups attached to an aromatic ring is 1. The number of fused-ring (bicyclic) bond motifs is 1. The van der Waals surface area contributed by atoms with Crippen LogP contribution >= 0.6 is 27.3 Å². The number of hydrogen-bond acceptors (Lipinski definition) is 3. The van der Waals surface area contributed by atoms with E-state index in [1.165, 1.54) is 4.88 Å². The molecule has 19 heavy (non-hydrogen) atoms. The summed E-state index contributed by atoms with van der Waals surface area (Å²) in [4.78, 5) is 1.18. The Bertz CT molecular complexity index is 723. The van der Waals surface area contributed by atoms with Gasteiger partial charge in [-0.15, -0.1) is 11.3 Å². The van der Waals surface area contributed by atoms with Crippen molar-refractivity contribution in [2.45, 2.75) is 6.61 Å². The fraction of sp³-hybridized carbons (Fsp3) is 0.0667. The van der Waals surface area contributed by atoms with Gasteiger partial charge in [-0.05, 0) is 39.5 Å². The third-order valence-electron chi connectivity index (χ3n) is 2.97. The summed E-state index contributed by atoms with van der Waals surface area (Å²) in [6.07, 6.45) is 0. The lowest BCUT2D eigenvalue weighted by Crippen LogP contribution is -1.96. The standard InChI is InChI=1S/C15H12BrNOS/c16-12-7-8-19-15(12)9-18-14-6-5-13(17)10-3-1-2-4-11(10)14/h1-8H,9,17H2. The fourth-order valence-electron chi connectivity index (χ4n) is 1.99. The van der Waals surface area contributed by atoms with E-state index >= 15 is 0 Å². The molecule has 4 heteroatoms. The molecule has 3 aromatic rings. The van der Waals surface area contributed by atoms with E-state index in [0.29, 0.717) is 6.61 Å². The Hall–Kier alpha value is -1.52. The lowest BCUT2D eigenvalue weighted by atomic mass is 10.1. The smallest absolute Gasteiger partial charge is 0.127 e. The number of nitrogens with two attached hydrogens (primary N) is 1. The molecule has 2 nitrogen and oxygen atoms in total. The Kier molecular flexibility index (Phi) is 3.44. The molecule has 3 rings (SSSR count). The molecule has 1 aromatic heterocycles. The molecule has 0 saturated heterocycles. The van der Waals surface area contributed by atoms with Gasteiger partial charge < -0.3 is 10.5 Å². The average Bonchev–Trinajstić information content (AvgIpc) is 2.84. The van der Waals surface area contributed by atoms with Crippen LogP contribution in [0.4, 0.5) is 5.69 Å². The van der Waals surface area contributed by atoms with Crippen LogP contribution in [0, 0.1) is 0 Å². The third kappa shape index (κ3) is 2.46. The lowest BCUT2D eigenvalue weighted by Gasteiger charge is -2.10. The van der Waals surface area contributed by atoms with Crippen LogP contribution in [0.25, 0.3) is 10.8 Å². The topological polar surface area (TPSA) is 35.2 Å². The molecular formula is C15H12BrNOS. The van der Waals surface area contributed by atoms with E-state index < -0.39 is 0 Å². The Morgan fingerprint density at radius 3 is 2.58 bits per heavy atom. The van der Waals surface area contributed by atoms with Gasteiger partial charge >= 0.3 is 0 Å². The number of thiophene rings is 1. The molecule has 0 saturated carbocycles. The van der Waals surface area contributed by atoms with Crippen LogP contribution in [-0.2, 0) is 6.61 Å². The number of anilines is 1. The van der Waals surface area contributed by atoms with Gasteiger partial charge in [0, 0.05) is 20.9 Å². The summed E-state index contributed by atoms with van der Waals surface area (Å²) < 4.78 is 7.02. The first-order valence-corrected chi connectivity index (χ1v) is 7.55. The second kappa shape index (κ2) is 5.23. The first-order valence-electron chi connectivity index (χ1n) is 5.87. The third-order valence-corrected chi connectivity index (χ3v) is 4.87. The molecule has 2 aromatic carbocycles. The van der Waals surface area contributed by atoms with Crippen LogP contribution < -0.4 is 10.5 Å². The summed E-state index contributed by atoms with van der Waals surface area (Å²) in [7, 11) is 0. The first kappa shape index (κ1) is 12.5. The molecule has 0 fully saturated rings. The second-order valence-corrected chi connectivity index (χ2v) is 6.03. The van der Waals surface area contributed by atoms with Crippen LogP contribution in [0.3, 0.4) is 0 Å². The minimum absolute atomic E-state index is 0.562. The van der Waals surface area contributed by atoms with Gasteiger partial charge in [0.05, 0.1) is 4.88 Å². The van der Waals surface area contributed by atoms with Gasteiger partial charge in [0.15, 0.2) is 0 Å². The zero-order chi connectivity index (χ0) is 13.2. The normalized spacial score (nSPS) is 10.8. The predicted molar refractivity (Wildman–Crippen MR) is 84.7 cm³/mol. The molecule has 0 unspecified atom stereocenters. The quantitative estimate of drug-likeness (QED) is 0.697. The fourth-order valence-corrected chi connectivity index (χ4v) is 3.37. The van der Waals surface area contributed by atoms with Gasteiger partial charge in [0.2, 0.25) is 0 Å². The summed E-state index contributed by atoms with van der Waals surface area (Å²) in [5.74, 6) is 0.866. The number of hydrogen-bond donors (Lipinski definition) is 1. The maximum atomic E-state index is 5.98. The Morgan fingerprint density at radius 1 is 1.05 bits per heavy atom. The van der Waals surface area contributed by atoms with Crippen molar-refractivity contribution >= 4 is 43.7 Å². The van der Waals surface area contributed by atoms with Gasteiger partial charge in [0.25, 0.3) is 0 Å². The molecule has 0 spiro atoms. The minimum Gasteiger partial charge on any atom is -0.487 e. The van der Waals surface area contributed by atoms with Crippen molar-refractivity contribution in [3.05, 3.63) is 57.2 Å². The van der Waals surface area contributed by atoms with Gasteiger partial charge in [-0.3, -0.25) is 0 Å². The molecule has 0 amide bonds. The number of ether oxygens (including phenoxy) is 1. The average molecular weight is 334 g/mol. The van der Waals surface area contributed by atoms with E-state index in [2.05, 4.69) is 15.9 Å². The van der Waals surface area contributed by atoms with Crippen LogP contribution in [-0.4, -0.2) is 0 Å². The molecule has 1 heterocycles. The van der Waals surface area contributed by atoms with Crippen LogP contribution in [0.1, 0.15) is 4.88 Å². The highest BCUT2D eigenvalue weighted by Gasteiger charge is 2.07. The van der Waals surface area contributed by atoms with E-state index in [1.54, 1.807) is 11.3 Å². The van der Waals surface area contributed by atoms with Gasteiger partial charge in [-0.2, -0.15) is 0 Å². The highest BCUT2D eigenvalue weighted by molar-refractivity contribution is 9.10. The summed E-state index contributed by atoms with van der Waals surface area (Å²) in [5.41, 5.74) is 6.76. The van der Waals surface area contributed by atoms with Crippen molar-refractivity contribution in [3.63, 3.8) is 0 Å². The molecule has 96 valence electrons. The molecule has 0 bridgehead atoms. The molecule has 0 atom stereocenters. The van der Waals surface area contributed by atoms with E-state index in [1.807, 2.05) is 47.8 Å². The van der Waals surface area contributed by atoms with Crippen molar-refractivity contribution < 1.29 is 4.74 Å². The number of benzene rings is 2. The molecule has 0 aliphatic carbocycles. The van der Waals surface area contributed by atoms with Gasteiger partial charge in [-0.1, -0.05) is 24.3 Å². The van der Waals surface area contributed by atoms with Gasteiger partial charge in [0.1, 0.15) is 12.4 Å². The number of halogens is 1. The maximum Gasteiger partial charge on any atom is 0.127 e. The minimum atomic E-state index is 0.562. The van der Waals surface area contributed by atoms with E-state index in [0.717, 1.165) is 26.7 Å². The molecule has 0 radical (unpaired) electrons. The molecule has 0 aliphatic rings. The van der Waals surface area contributed by atoms with E-state index in [-0.39, 0.29) is 0 Å². The van der Waals surface area contributed by atoms with Crippen LogP contribution in [0.2, 0.25) is 0 Å². The SMILES string of the molecule is Nc1ccc(OCc2sccc2Br)c2ccccc12. The Balaban J connectivity index is 1.93. The first-order chi connectivity index (χ1) is 9.25. The van der Waals surface area contributed by atoms with Crippen molar-refractivity contribution in [1.82, 2.24) is 0 Å². The molecule has 0 aliphatic heterocycles. The predicted octanol–water partition coefficient (Wildman–Crippen LogP) is 4.83. The zero-order valence-electron chi connectivity index (χ0n) is 10.1. The monoisotopic (exact) mass is 333 g/mol. The number of rotatable bonds is 3. The van der Waals surface area contributed by atoms with Crippen molar-refractivity contribution in [2.75, 3.05) is 5.73 Å². The van der Waals surface area contributed by atoms with Crippen molar-refractivity contribution in [2.24, 2.45) is 0 Å². The summed E-state index contributed by atoms with van der Waals surface area (Å²) >= 11 is 5.19. The summed E-state index contributed by atoms with van der Waals surface area (Å²) in [6.45, 7) is 0.562. The maximum absolute atomic E-state index is 5.98. The van der Waals surface area contributed by atoms with Crippen molar-refractivity contribution in [1.29, 1.82) is 0 Å². The van der Waals surface area contributed by atoms with E-state index in [9.17, 15) is 0 Å². The highest BCUT2D eigenvalue weighted by atomic mass is 79.9. The van der Waals surface area contributed by atoms with E-state index in [4.69, 9.17) is 10.5 Å². The summed E-state index contributed by atoms with van der Waals surface area (Å²) in [5, 5.41) is 4.13. The zero-order valence-corrected chi connectivity index (χ0v) is 12.5. The van der Waals surface area contributed by atoms with Gasteiger partial charge in [-0.25, -0.2) is 0 Å². The summed E-state index contributed by atoms with van der Waals surface area (Å²) in [6, 6.07) is 13.9. The highest BCUT2D eigenvalue weighted by Crippen LogP contribution is 2.31. The van der Waals surface area contributed by atoms with Crippen LogP contribution in [0.15, 0.2) is 52.3 Å². The van der Waals surface area contributed by atoms with Crippen LogP contribution in [0.5, 0.6) is 5.75 Å². The van der Waals surface area contributed by atoms with Crippen molar-refractivity contribution in [3.8, 4) is 5.75 Å². The Morgan fingerprint density at radius 2 is 1.84 bits per heavy atom. The lowest BCUT2D eigenvalue weighted by molar-refractivity contribution is 0.313. The largest absolute Gasteiger partial charge is 0.487 e. The molecular weight excluding hydrogens is 322 g/mol. The Labute approximate surface area is 123 Å².